The first kappa shape index (κ1) is 14.6. The lowest BCUT2D eigenvalue weighted by Gasteiger charge is -2.23. The average Bonchev–Trinajstić information content (AvgIpc) is 2.84. The number of nitrogens with zero attached hydrogens (tertiary/aromatic N) is 4. The molecule has 4 nitrogen and oxygen atoms in total. The van der Waals surface area contributed by atoms with Gasteiger partial charge >= 0.3 is 6.18 Å². The molecular weight excluding hydrogens is 293 g/mol. The molecule has 1 aromatic heterocycles. The van der Waals surface area contributed by atoms with Crippen LogP contribution in [0.2, 0.25) is 0 Å². The monoisotopic (exact) mass is 306 g/mol. The second-order valence-electron chi connectivity index (χ2n) is 5.33. The van der Waals surface area contributed by atoms with Crippen LogP contribution in [-0.4, -0.2) is 28.3 Å². The van der Waals surface area contributed by atoms with Crippen molar-refractivity contribution in [3.63, 3.8) is 0 Å². The minimum atomic E-state index is -4.40. The van der Waals surface area contributed by atoms with Gasteiger partial charge in [-0.15, -0.1) is 0 Å². The van der Waals surface area contributed by atoms with E-state index in [1.807, 2.05) is 13.1 Å². The second-order valence-corrected chi connectivity index (χ2v) is 5.33. The van der Waals surface area contributed by atoms with Gasteiger partial charge in [0.05, 0.1) is 16.9 Å². The van der Waals surface area contributed by atoms with Gasteiger partial charge < -0.3 is 4.90 Å². The highest BCUT2D eigenvalue weighted by Gasteiger charge is 2.31. The third-order valence-electron chi connectivity index (χ3n) is 3.77. The van der Waals surface area contributed by atoms with E-state index in [9.17, 15) is 18.4 Å². The van der Waals surface area contributed by atoms with Crippen molar-refractivity contribution in [1.29, 1.82) is 5.26 Å². The maximum absolute atomic E-state index is 12.9. The van der Waals surface area contributed by atoms with E-state index in [2.05, 4.69) is 10.00 Å². The van der Waals surface area contributed by atoms with Crippen molar-refractivity contribution in [3.05, 3.63) is 46.8 Å². The molecule has 2 aromatic rings. The molecule has 7 heteroatoms. The van der Waals surface area contributed by atoms with Gasteiger partial charge in [0.25, 0.3) is 0 Å². The quantitative estimate of drug-likeness (QED) is 0.814. The molecule has 0 unspecified atom stereocenters. The number of halogens is 3. The van der Waals surface area contributed by atoms with Crippen LogP contribution in [0.25, 0.3) is 5.69 Å². The van der Waals surface area contributed by atoms with E-state index in [0.717, 1.165) is 29.9 Å². The highest BCUT2D eigenvalue weighted by atomic mass is 19.4. The summed E-state index contributed by atoms with van der Waals surface area (Å²) < 4.78 is 40.0. The fourth-order valence-corrected chi connectivity index (χ4v) is 2.67. The molecule has 0 bridgehead atoms. The lowest BCUT2D eigenvalue weighted by Crippen LogP contribution is -2.27. The van der Waals surface area contributed by atoms with Crippen LogP contribution in [0.15, 0.2) is 24.3 Å². The molecule has 0 saturated heterocycles. The van der Waals surface area contributed by atoms with Crippen LogP contribution in [0, 0.1) is 11.3 Å². The molecule has 0 atom stereocenters. The van der Waals surface area contributed by atoms with E-state index < -0.39 is 11.7 Å². The minimum absolute atomic E-state index is 0.277. The SMILES string of the molecule is CN1CCc2c(c(C#N)nn2-c2cccc(C(F)(F)F)c2)C1. The summed E-state index contributed by atoms with van der Waals surface area (Å²) in [4.78, 5) is 2.06. The Balaban J connectivity index is 2.12. The number of rotatable bonds is 1. The molecule has 3 rings (SSSR count). The molecule has 2 heterocycles. The molecule has 1 aliphatic heterocycles. The Morgan fingerprint density at radius 1 is 1.32 bits per heavy atom. The van der Waals surface area contributed by atoms with Gasteiger partial charge in [-0.05, 0) is 25.2 Å². The average molecular weight is 306 g/mol. The maximum Gasteiger partial charge on any atom is 0.416 e. The van der Waals surface area contributed by atoms with E-state index in [4.69, 9.17) is 0 Å². The first-order valence-electron chi connectivity index (χ1n) is 6.77. The van der Waals surface area contributed by atoms with E-state index in [1.165, 1.54) is 10.7 Å². The number of likely N-dealkylation sites (N-methyl/N-ethyl adjacent to an activating group) is 1. The van der Waals surface area contributed by atoms with Gasteiger partial charge in [-0.1, -0.05) is 6.07 Å². The minimum Gasteiger partial charge on any atom is -0.302 e. The van der Waals surface area contributed by atoms with Crippen molar-refractivity contribution in [2.24, 2.45) is 0 Å². The maximum atomic E-state index is 12.9. The standard InChI is InChI=1S/C15H13F3N4/c1-21-6-5-14-12(9-21)13(8-19)20-22(14)11-4-2-3-10(7-11)15(16,17)18/h2-4,7H,5-6,9H2,1H3. The predicted molar refractivity (Wildman–Crippen MR) is 73.3 cm³/mol. The highest BCUT2D eigenvalue weighted by Crippen LogP contribution is 2.31. The zero-order valence-electron chi connectivity index (χ0n) is 11.9. The normalized spacial score (nSPS) is 15.4. The van der Waals surface area contributed by atoms with Gasteiger partial charge in [0, 0.05) is 25.1 Å². The third-order valence-corrected chi connectivity index (χ3v) is 3.77. The number of alkyl halides is 3. The summed E-state index contributed by atoms with van der Waals surface area (Å²) in [6.07, 6.45) is -3.75. The van der Waals surface area contributed by atoms with Crippen LogP contribution in [0.1, 0.15) is 22.5 Å². The van der Waals surface area contributed by atoms with E-state index in [0.29, 0.717) is 18.7 Å². The summed E-state index contributed by atoms with van der Waals surface area (Å²) in [5.74, 6) is 0. The topological polar surface area (TPSA) is 44.9 Å². The zero-order chi connectivity index (χ0) is 15.9. The van der Waals surface area contributed by atoms with Gasteiger partial charge in [-0.2, -0.15) is 23.5 Å². The predicted octanol–water partition coefficient (Wildman–Crippen LogP) is 2.75. The van der Waals surface area contributed by atoms with Crippen LogP contribution in [0.5, 0.6) is 0 Å². The lowest BCUT2D eigenvalue weighted by atomic mass is 10.1. The second kappa shape index (κ2) is 5.14. The van der Waals surface area contributed by atoms with Crippen molar-refractivity contribution < 1.29 is 13.2 Å². The first-order valence-corrected chi connectivity index (χ1v) is 6.77. The lowest BCUT2D eigenvalue weighted by molar-refractivity contribution is -0.137. The fourth-order valence-electron chi connectivity index (χ4n) is 2.67. The number of fused-ring (bicyclic) bond motifs is 1. The molecule has 0 fully saturated rings. The molecule has 0 spiro atoms. The van der Waals surface area contributed by atoms with Gasteiger partial charge in [0.15, 0.2) is 5.69 Å². The van der Waals surface area contributed by atoms with Crippen LogP contribution < -0.4 is 0 Å². The number of hydrogen-bond donors (Lipinski definition) is 0. The number of hydrogen-bond acceptors (Lipinski definition) is 3. The van der Waals surface area contributed by atoms with Crippen molar-refractivity contribution in [2.45, 2.75) is 19.1 Å². The number of aromatic nitrogens is 2. The van der Waals surface area contributed by atoms with Crippen LogP contribution in [-0.2, 0) is 19.1 Å². The molecule has 22 heavy (non-hydrogen) atoms. The molecule has 0 radical (unpaired) electrons. The van der Waals surface area contributed by atoms with E-state index in [1.54, 1.807) is 6.07 Å². The number of nitriles is 1. The van der Waals surface area contributed by atoms with Crippen LogP contribution >= 0.6 is 0 Å². The summed E-state index contributed by atoms with van der Waals surface area (Å²) in [5.41, 5.74) is 1.50. The summed E-state index contributed by atoms with van der Waals surface area (Å²) in [6, 6.07) is 7.04. The molecule has 0 amide bonds. The summed E-state index contributed by atoms with van der Waals surface area (Å²) in [6.45, 7) is 1.36. The highest BCUT2D eigenvalue weighted by molar-refractivity contribution is 5.44. The Morgan fingerprint density at radius 2 is 2.09 bits per heavy atom. The Bertz CT molecular complexity index is 755. The molecule has 0 saturated carbocycles. The van der Waals surface area contributed by atoms with Gasteiger partial charge in [0.1, 0.15) is 6.07 Å². The van der Waals surface area contributed by atoms with E-state index >= 15 is 0 Å². The number of benzene rings is 1. The summed E-state index contributed by atoms with van der Waals surface area (Å²) in [7, 11) is 1.94. The Hall–Kier alpha value is -2.33. The molecule has 0 aliphatic carbocycles. The molecule has 1 aliphatic rings. The molecule has 0 N–H and O–H groups in total. The van der Waals surface area contributed by atoms with Gasteiger partial charge in [-0.3, -0.25) is 0 Å². The Labute approximate surface area is 125 Å². The zero-order valence-corrected chi connectivity index (χ0v) is 11.9. The Kier molecular flexibility index (Phi) is 3.41. The van der Waals surface area contributed by atoms with Gasteiger partial charge in [-0.25, -0.2) is 4.68 Å². The molecule has 114 valence electrons. The van der Waals surface area contributed by atoms with Gasteiger partial charge in [0.2, 0.25) is 0 Å². The Morgan fingerprint density at radius 3 is 2.77 bits per heavy atom. The van der Waals surface area contributed by atoms with Crippen LogP contribution in [0.3, 0.4) is 0 Å². The largest absolute Gasteiger partial charge is 0.416 e. The molecular formula is C15H13F3N4. The fraction of sp³-hybridized carbons (Fsp3) is 0.333. The summed E-state index contributed by atoms with van der Waals surface area (Å²) >= 11 is 0. The molecule has 1 aromatic carbocycles. The van der Waals surface area contributed by atoms with E-state index in [-0.39, 0.29) is 5.69 Å². The first-order chi connectivity index (χ1) is 10.4. The third kappa shape index (κ3) is 2.46. The van der Waals surface area contributed by atoms with Crippen LogP contribution in [0.4, 0.5) is 13.2 Å². The summed E-state index contributed by atoms with van der Waals surface area (Å²) in [5, 5.41) is 13.4. The van der Waals surface area contributed by atoms with Crippen molar-refractivity contribution >= 4 is 0 Å². The van der Waals surface area contributed by atoms with Crippen molar-refractivity contribution in [1.82, 2.24) is 14.7 Å². The van der Waals surface area contributed by atoms with Crippen molar-refractivity contribution in [3.8, 4) is 11.8 Å². The van der Waals surface area contributed by atoms with Crippen molar-refractivity contribution in [2.75, 3.05) is 13.6 Å². The smallest absolute Gasteiger partial charge is 0.302 e.